The van der Waals surface area contributed by atoms with Gasteiger partial charge in [0.15, 0.2) is 0 Å². The van der Waals surface area contributed by atoms with E-state index in [1.54, 1.807) is 0 Å². The van der Waals surface area contributed by atoms with E-state index in [1.807, 2.05) is 0 Å². The van der Waals surface area contributed by atoms with Crippen LogP contribution in [0.1, 0.15) is 118 Å². The fourth-order valence-corrected chi connectivity index (χ4v) is 3.53. The summed E-state index contributed by atoms with van der Waals surface area (Å²) < 4.78 is 0. The molecule has 2 N–H and O–H groups in total. The fourth-order valence-electron chi connectivity index (χ4n) is 3.53. The lowest BCUT2D eigenvalue weighted by Crippen LogP contribution is -2.47. The summed E-state index contributed by atoms with van der Waals surface area (Å²) in [7, 11) is 0. The Bertz CT molecular complexity index is 210. The summed E-state index contributed by atoms with van der Waals surface area (Å²) in [6, 6.07) is 0. The van der Waals surface area contributed by atoms with Gasteiger partial charge in [-0.05, 0) is 31.6 Å². The highest BCUT2D eigenvalue weighted by Gasteiger charge is 2.32. The summed E-state index contributed by atoms with van der Waals surface area (Å²) in [5.41, 5.74) is 7.09. The molecule has 0 saturated carbocycles. The van der Waals surface area contributed by atoms with Gasteiger partial charge in [0.25, 0.3) is 0 Å². The van der Waals surface area contributed by atoms with E-state index in [1.165, 1.54) is 89.9 Å². The molecule has 136 valence electrons. The molecular formula is C20H44IN. The molecule has 1 nitrogen and oxygen atoms in total. The molecule has 0 bridgehead atoms. The number of rotatable bonds is 15. The first-order valence-electron chi connectivity index (χ1n) is 9.93. The van der Waals surface area contributed by atoms with Crippen LogP contribution >= 0.6 is 24.0 Å². The molecule has 0 radical (unpaired) electrons. The Labute approximate surface area is 158 Å². The Hall–Kier alpha value is 0.690. The number of hydrogen-bond acceptors (Lipinski definition) is 1. The molecule has 0 amide bonds. The molecule has 2 heteroatoms. The maximum atomic E-state index is 6.97. The van der Waals surface area contributed by atoms with Crippen LogP contribution in [-0.2, 0) is 0 Å². The maximum Gasteiger partial charge on any atom is 0.0182 e. The van der Waals surface area contributed by atoms with E-state index in [9.17, 15) is 0 Å². The van der Waals surface area contributed by atoms with Crippen LogP contribution in [0, 0.1) is 5.92 Å². The van der Waals surface area contributed by atoms with Crippen LogP contribution in [0.4, 0.5) is 0 Å². The van der Waals surface area contributed by atoms with Gasteiger partial charge in [0.2, 0.25) is 0 Å². The predicted molar refractivity (Wildman–Crippen MR) is 113 cm³/mol. The average Bonchev–Trinajstić information content (AvgIpc) is 2.50. The van der Waals surface area contributed by atoms with E-state index in [0.29, 0.717) is 0 Å². The van der Waals surface area contributed by atoms with Crippen molar-refractivity contribution < 1.29 is 0 Å². The SMILES string of the molecule is CCCCCCC(CCCC)C(N)(CCCC)CCCC.I. The minimum absolute atomic E-state index is 0. The molecule has 0 aromatic heterocycles. The van der Waals surface area contributed by atoms with Crippen molar-refractivity contribution >= 4 is 24.0 Å². The molecule has 0 aliphatic rings. The molecule has 0 rings (SSSR count). The Morgan fingerprint density at radius 3 is 1.55 bits per heavy atom. The van der Waals surface area contributed by atoms with Crippen LogP contribution < -0.4 is 5.73 Å². The smallest absolute Gasteiger partial charge is 0.0182 e. The molecule has 0 fully saturated rings. The minimum atomic E-state index is 0. The van der Waals surface area contributed by atoms with Crippen LogP contribution in [0.2, 0.25) is 0 Å². The van der Waals surface area contributed by atoms with Gasteiger partial charge in [-0.2, -0.15) is 0 Å². The van der Waals surface area contributed by atoms with E-state index in [0.717, 1.165) is 5.92 Å². The summed E-state index contributed by atoms with van der Waals surface area (Å²) in [4.78, 5) is 0. The van der Waals surface area contributed by atoms with Crippen molar-refractivity contribution in [3.63, 3.8) is 0 Å². The number of unbranched alkanes of at least 4 members (excludes halogenated alkanes) is 6. The number of nitrogens with two attached hydrogens (primary N) is 1. The quantitative estimate of drug-likeness (QED) is 0.214. The molecule has 0 aromatic carbocycles. The first kappa shape index (κ1) is 24.9. The first-order valence-corrected chi connectivity index (χ1v) is 9.93. The second-order valence-corrected chi connectivity index (χ2v) is 7.13. The standard InChI is InChI=1S/C20H43N.HI/c1-5-9-13-14-16-19(15-10-6-2)20(21,17-11-7-3)18-12-8-4;/h19H,5-18,21H2,1-4H3;1H. The van der Waals surface area contributed by atoms with E-state index in [2.05, 4.69) is 27.7 Å². The van der Waals surface area contributed by atoms with Crippen molar-refractivity contribution in [2.45, 2.75) is 123 Å². The summed E-state index contributed by atoms with van der Waals surface area (Å²) in [6.07, 6.45) is 18.5. The molecule has 1 unspecified atom stereocenters. The van der Waals surface area contributed by atoms with Gasteiger partial charge in [-0.3, -0.25) is 0 Å². The molecular weight excluding hydrogens is 381 g/mol. The van der Waals surface area contributed by atoms with Gasteiger partial charge in [0.05, 0.1) is 0 Å². The molecule has 1 atom stereocenters. The normalized spacial score (nSPS) is 13.0. The lowest BCUT2D eigenvalue weighted by atomic mass is 9.72. The zero-order chi connectivity index (χ0) is 16.0. The van der Waals surface area contributed by atoms with E-state index in [4.69, 9.17) is 5.73 Å². The molecule has 0 aromatic rings. The van der Waals surface area contributed by atoms with Gasteiger partial charge in [-0.15, -0.1) is 24.0 Å². The molecule has 0 aliphatic carbocycles. The lowest BCUT2D eigenvalue weighted by Gasteiger charge is -2.38. The lowest BCUT2D eigenvalue weighted by molar-refractivity contribution is 0.193. The summed E-state index contributed by atoms with van der Waals surface area (Å²) in [6.45, 7) is 9.19. The second-order valence-electron chi connectivity index (χ2n) is 7.13. The summed E-state index contributed by atoms with van der Waals surface area (Å²) in [5.74, 6) is 0.757. The van der Waals surface area contributed by atoms with Crippen LogP contribution in [0.3, 0.4) is 0 Å². The van der Waals surface area contributed by atoms with Crippen molar-refractivity contribution in [2.75, 3.05) is 0 Å². The van der Waals surface area contributed by atoms with Crippen LogP contribution in [0.5, 0.6) is 0 Å². The zero-order valence-electron chi connectivity index (χ0n) is 16.0. The predicted octanol–water partition coefficient (Wildman–Crippen LogP) is 7.46. The molecule has 0 heterocycles. The number of halogens is 1. The monoisotopic (exact) mass is 425 g/mol. The van der Waals surface area contributed by atoms with E-state index in [-0.39, 0.29) is 29.5 Å². The van der Waals surface area contributed by atoms with Crippen molar-refractivity contribution in [2.24, 2.45) is 11.7 Å². The first-order chi connectivity index (χ1) is 10.1. The molecule has 0 spiro atoms. The van der Waals surface area contributed by atoms with Gasteiger partial charge in [0.1, 0.15) is 0 Å². The van der Waals surface area contributed by atoms with Crippen molar-refractivity contribution in [1.82, 2.24) is 0 Å². The van der Waals surface area contributed by atoms with Gasteiger partial charge in [-0.1, -0.05) is 91.9 Å². The van der Waals surface area contributed by atoms with Gasteiger partial charge < -0.3 is 5.73 Å². The molecule has 0 saturated heterocycles. The second kappa shape index (κ2) is 16.5. The van der Waals surface area contributed by atoms with Gasteiger partial charge in [-0.25, -0.2) is 0 Å². The Kier molecular flexibility index (Phi) is 18.8. The third-order valence-corrected chi connectivity index (χ3v) is 5.12. The van der Waals surface area contributed by atoms with E-state index >= 15 is 0 Å². The van der Waals surface area contributed by atoms with Crippen molar-refractivity contribution in [3.05, 3.63) is 0 Å². The van der Waals surface area contributed by atoms with Gasteiger partial charge >= 0.3 is 0 Å². The minimum Gasteiger partial charge on any atom is -0.325 e. The highest BCUT2D eigenvalue weighted by molar-refractivity contribution is 14.0. The van der Waals surface area contributed by atoms with Crippen molar-refractivity contribution in [1.29, 1.82) is 0 Å². The fraction of sp³-hybridized carbons (Fsp3) is 1.00. The Balaban J connectivity index is 0. The topological polar surface area (TPSA) is 26.0 Å². The average molecular weight is 425 g/mol. The molecule has 22 heavy (non-hydrogen) atoms. The third kappa shape index (κ3) is 11.3. The number of hydrogen-bond donors (Lipinski definition) is 1. The van der Waals surface area contributed by atoms with Crippen molar-refractivity contribution in [3.8, 4) is 0 Å². The maximum absolute atomic E-state index is 6.97. The summed E-state index contributed by atoms with van der Waals surface area (Å²) in [5, 5.41) is 0. The molecule has 0 aliphatic heterocycles. The largest absolute Gasteiger partial charge is 0.325 e. The highest BCUT2D eigenvalue weighted by atomic mass is 127. The van der Waals surface area contributed by atoms with Crippen LogP contribution in [0.25, 0.3) is 0 Å². The summed E-state index contributed by atoms with van der Waals surface area (Å²) >= 11 is 0. The van der Waals surface area contributed by atoms with E-state index < -0.39 is 0 Å². The van der Waals surface area contributed by atoms with Crippen LogP contribution in [0.15, 0.2) is 0 Å². The zero-order valence-corrected chi connectivity index (χ0v) is 18.3. The van der Waals surface area contributed by atoms with Gasteiger partial charge in [0, 0.05) is 5.54 Å². The highest BCUT2D eigenvalue weighted by Crippen LogP contribution is 2.34. The third-order valence-electron chi connectivity index (χ3n) is 5.12. The van der Waals surface area contributed by atoms with Crippen LogP contribution in [-0.4, -0.2) is 5.54 Å². The Morgan fingerprint density at radius 1 is 0.636 bits per heavy atom. The Morgan fingerprint density at radius 2 is 1.09 bits per heavy atom.